The molecule has 0 aromatic heterocycles. The first kappa shape index (κ1) is 20.6. The molecule has 2 aliphatic rings. The van der Waals surface area contributed by atoms with Gasteiger partial charge in [-0.25, -0.2) is 9.59 Å². The fraction of sp³-hybridized carbons (Fsp3) is 0.304. The van der Waals surface area contributed by atoms with E-state index in [2.05, 4.69) is 10.6 Å². The fourth-order valence-corrected chi connectivity index (χ4v) is 3.69. The van der Waals surface area contributed by atoms with Gasteiger partial charge in [-0.15, -0.1) is 0 Å². The maximum absolute atomic E-state index is 12.3. The van der Waals surface area contributed by atoms with Crippen LogP contribution in [0.4, 0.5) is 0 Å². The summed E-state index contributed by atoms with van der Waals surface area (Å²) in [6, 6.07) is 14.1. The standard InChI is InChI=1S/C23H22N2O6/c26-20(18-12-14-6-1-3-8-16(14)22(28)30-18)24-10-5-11-25-21(27)19-13-15-7-2-4-9-17(15)23(29)31-19/h1-4,6-9,18-19H,5,10-13H2,(H,24,26)(H,25,27)/t18-,19-/m1/s1. The van der Waals surface area contributed by atoms with Crippen molar-refractivity contribution < 1.29 is 28.7 Å². The zero-order valence-corrected chi connectivity index (χ0v) is 16.8. The van der Waals surface area contributed by atoms with Gasteiger partial charge in [-0.3, -0.25) is 9.59 Å². The second kappa shape index (κ2) is 8.99. The molecule has 0 unspecified atom stereocenters. The molecule has 8 heteroatoms. The lowest BCUT2D eigenvalue weighted by molar-refractivity contribution is -0.130. The van der Waals surface area contributed by atoms with Gasteiger partial charge in [0.05, 0.1) is 11.1 Å². The van der Waals surface area contributed by atoms with Gasteiger partial charge in [0, 0.05) is 25.9 Å². The lowest BCUT2D eigenvalue weighted by Crippen LogP contribution is -2.44. The van der Waals surface area contributed by atoms with Gasteiger partial charge in [0.25, 0.3) is 11.8 Å². The van der Waals surface area contributed by atoms with E-state index in [1.165, 1.54) is 0 Å². The topological polar surface area (TPSA) is 111 Å². The minimum atomic E-state index is -0.862. The van der Waals surface area contributed by atoms with Gasteiger partial charge >= 0.3 is 11.9 Å². The molecule has 2 aromatic carbocycles. The van der Waals surface area contributed by atoms with Crippen LogP contribution in [0, 0.1) is 0 Å². The number of benzene rings is 2. The van der Waals surface area contributed by atoms with Crippen LogP contribution < -0.4 is 10.6 Å². The molecule has 2 N–H and O–H groups in total. The lowest BCUT2D eigenvalue weighted by Gasteiger charge is -2.24. The average Bonchev–Trinajstić information content (AvgIpc) is 2.78. The molecule has 0 saturated heterocycles. The third-order valence-electron chi connectivity index (χ3n) is 5.32. The molecule has 0 fully saturated rings. The second-order valence-corrected chi connectivity index (χ2v) is 7.45. The minimum Gasteiger partial charge on any atom is -0.448 e. The number of carbonyl (C=O) groups is 4. The molecule has 2 atom stereocenters. The van der Waals surface area contributed by atoms with E-state index in [1.807, 2.05) is 24.3 Å². The lowest BCUT2D eigenvalue weighted by atomic mass is 9.98. The second-order valence-electron chi connectivity index (χ2n) is 7.45. The fourth-order valence-electron chi connectivity index (χ4n) is 3.69. The van der Waals surface area contributed by atoms with Crippen molar-refractivity contribution in [2.75, 3.05) is 13.1 Å². The molecule has 0 bridgehead atoms. The quantitative estimate of drug-likeness (QED) is 0.534. The summed E-state index contributed by atoms with van der Waals surface area (Å²) in [5, 5.41) is 5.45. The van der Waals surface area contributed by atoms with Gasteiger partial charge in [-0.2, -0.15) is 0 Å². The molecule has 0 saturated carbocycles. The third-order valence-corrected chi connectivity index (χ3v) is 5.32. The summed E-state index contributed by atoms with van der Waals surface area (Å²) in [5.41, 5.74) is 2.55. The normalized spacial score (nSPS) is 19.4. The summed E-state index contributed by atoms with van der Waals surface area (Å²) < 4.78 is 10.4. The highest BCUT2D eigenvalue weighted by atomic mass is 16.6. The third kappa shape index (κ3) is 4.58. The summed E-state index contributed by atoms with van der Waals surface area (Å²) in [7, 11) is 0. The van der Waals surface area contributed by atoms with Gasteiger partial charge in [0.15, 0.2) is 12.2 Å². The summed E-state index contributed by atoms with van der Waals surface area (Å²) in [5.74, 6) is -1.74. The number of fused-ring (bicyclic) bond motifs is 2. The van der Waals surface area contributed by atoms with Crippen LogP contribution in [0.2, 0.25) is 0 Å². The number of ether oxygens (including phenoxy) is 2. The Morgan fingerprint density at radius 2 is 1.16 bits per heavy atom. The molecule has 8 nitrogen and oxygen atoms in total. The van der Waals surface area contributed by atoms with Gasteiger partial charge in [-0.1, -0.05) is 36.4 Å². The van der Waals surface area contributed by atoms with E-state index < -0.39 is 24.1 Å². The van der Waals surface area contributed by atoms with E-state index in [1.54, 1.807) is 24.3 Å². The van der Waals surface area contributed by atoms with E-state index in [0.717, 1.165) is 11.1 Å². The Labute approximate surface area is 178 Å². The molecule has 0 aliphatic carbocycles. The predicted octanol–water partition coefficient (Wildman–Crippen LogP) is 1.17. The van der Waals surface area contributed by atoms with Crippen LogP contribution in [0.15, 0.2) is 48.5 Å². The zero-order valence-electron chi connectivity index (χ0n) is 16.8. The number of carbonyl (C=O) groups excluding carboxylic acids is 4. The first-order chi connectivity index (χ1) is 15.0. The van der Waals surface area contributed by atoms with E-state index in [0.29, 0.717) is 43.5 Å². The van der Waals surface area contributed by atoms with Crippen molar-refractivity contribution in [3.05, 3.63) is 70.8 Å². The Morgan fingerprint density at radius 1 is 0.742 bits per heavy atom. The maximum atomic E-state index is 12.3. The first-order valence-electron chi connectivity index (χ1n) is 10.2. The van der Waals surface area contributed by atoms with E-state index >= 15 is 0 Å². The largest absolute Gasteiger partial charge is 0.448 e. The Balaban J connectivity index is 1.19. The number of esters is 2. The van der Waals surface area contributed by atoms with E-state index in [9.17, 15) is 19.2 Å². The molecule has 2 aromatic rings. The minimum absolute atomic E-state index is 0.308. The Kier molecular flexibility index (Phi) is 5.97. The number of cyclic esters (lactones) is 2. The van der Waals surface area contributed by atoms with Crippen molar-refractivity contribution in [2.24, 2.45) is 0 Å². The monoisotopic (exact) mass is 422 g/mol. The number of nitrogens with one attached hydrogen (secondary N) is 2. The SMILES string of the molecule is O=C1O[C@@H](C(=O)NCCCNC(=O)[C@H]2Cc3ccccc3C(=O)O2)Cc2ccccc21. The van der Waals surface area contributed by atoms with Gasteiger partial charge < -0.3 is 20.1 Å². The summed E-state index contributed by atoms with van der Waals surface area (Å²) >= 11 is 0. The zero-order chi connectivity index (χ0) is 21.8. The van der Waals surface area contributed by atoms with Gasteiger partial charge in [0.1, 0.15) is 0 Å². The first-order valence-corrected chi connectivity index (χ1v) is 10.2. The molecule has 2 heterocycles. The molecule has 2 aliphatic heterocycles. The van der Waals surface area contributed by atoms with Crippen LogP contribution in [0.25, 0.3) is 0 Å². The van der Waals surface area contributed by atoms with Crippen LogP contribution in [0.3, 0.4) is 0 Å². The molecular formula is C23H22N2O6. The number of hydrogen-bond acceptors (Lipinski definition) is 6. The molecule has 160 valence electrons. The van der Waals surface area contributed by atoms with Crippen LogP contribution in [0.1, 0.15) is 38.3 Å². The van der Waals surface area contributed by atoms with Crippen molar-refractivity contribution in [1.82, 2.24) is 10.6 Å². The highest BCUT2D eigenvalue weighted by Crippen LogP contribution is 2.21. The summed E-state index contributed by atoms with van der Waals surface area (Å²) in [4.78, 5) is 48.7. The maximum Gasteiger partial charge on any atom is 0.339 e. The van der Waals surface area contributed by atoms with Gasteiger partial charge in [-0.05, 0) is 29.7 Å². The highest BCUT2D eigenvalue weighted by Gasteiger charge is 2.32. The molecular weight excluding hydrogens is 400 g/mol. The summed E-state index contributed by atoms with van der Waals surface area (Å²) in [6.07, 6.45) is -0.582. The highest BCUT2D eigenvalue weighted by molar-refractivity contribution is 5.96. The Morgan fingerprint density at radius 3 is 1.61 bits per heavy atom. The smallest absolute Gasteiger partial charge is 0.339 e. The van der Waals surface area contributed by atoms with Gasteiger partial charge in [0.2, 0.25) is 0 Å². The van der Waals surface area contributed by atoms with Crippen molar-refractivity contribution in [3.8, 4) is 0 Å². The van der Waals surface area contributed by atoms with Crippen molar-refractivity contribution in [3.63, 3.8) is 0 Å². The number of rotatable bonds is 6. The summed E-state index contributed by atoms with van der Waals surface area (Å²) in [6.45, 7) is 0.615. The van der Waals surface area contributed by atoms with Crippen LogP contribution in [-0.4, -0.2) is 49.1 Å². The molecule has 4 rings (SSSR count). The Hall–Kier alpha value is -3.68. The number of amides is 2. The van der Waals surface area contributed by atoms with Crippen molar-refractivity contribution >= 4 is 23.8 Å². The van der Waals surface area contributed by atoms with Crippen LogP contribution in [0.5, 0.6) is 0 Å². The average molecular weight is 422 g/mol. The van der Waals surface area contributed by atoms with E-state index in [-0.39, 0.29) is 11.8 Å². The molecule has 0 spiro atoms. The van der Waals surface area contributed by atoms with Crippen LogP contribution >= 0.6 is 0 Å². The van der Waals surface area contributed by atoms with Crippen LogP contribution in [-0.2, 0) is 31.9 Å². The predicted molar refractivity (Wildman–Crippen MR) is 109 cm³/mol. The van der Waals surface area contributed by atoms with Crippen molar-refractivity contribution in [1.29, 1.82) is 0 Å². The Bertz CT molecular complexity index is 953. The molecule has 31 heavy (non-hydrogen) atoms. The van der Waals surface area contributed by atoms with Crippen molar-refractivity contribution in [2.45, 2.75) is 31.5 Å². The number of hydrogen-bond donors (Lipinski definition) is 2. The molecule has 0 radical (unpaired) electrons. The van der Waals surface area contributed by atoms with E-state index in [4.69, 9.17) is 9.47 Å². The molecule has 2 amide bonds.